The van der Waals surface area contributed by atoms with E-state index in [0.717, 1.165) is 0 Å². The number of hydrogen-bond donors (Lipinski definition) is 0. The van der Waals surface area contributed by atoms with Gasteiger partial charge in [-0.25, -0.2) is 4.79 Å². The molecule has 0 fully saturated rings. The molecule has 1 heterocycles. The van der Waals surface area contributed by atoms with E-state index in [1.54, 1.807) is 38.6 Å². The highest BCUT2D eigenvalue weighted by atomic mass is 16.5. The molecule has 0 aliphatic carbocycles. The third-order valence-corrected chi connectivity index (χ3v) is 2.64. The molecule has 0 radical (unpaired) electrons. The predicted octanol–water partition coefficient (Wildman–Crippen LogP) is 2.04. The Kier molecular flexibility index (Phi) is 3.32. The molecule has 0 bridgehead atoms. The molecule has 2 rings (SSSR count). The van der Waals surface area contributed by atoms with E-state index in [-0.39, 0.29) is 0 Å². The van der Waals surface area contributed by atoms with Gasteiger partial charge in [0.2, 0.25) is 0 Å². The lowest BCUT2D eigenvalue weighted by Gasteiger charge is -2.10. The van der Waals surface area contributed by atoms with Gasteiger partial charge < -0.3 is 14.2 Å². The van der Waals surface area contributed by atoms with Crippen LogP contribution in [0.2, 0.25) is 0 Å². The summed E-state index contributed by atoms with van der Waals surface area (Å²) in [4.78, 5) is 15.9. The van der Waals surface area contributed by atoms with Gasteiger partial charge in [0, 0.05) is 17.6 Å². The topological polar surface area (TPSA) is 57.7 Å². The number of ether oxygens (including phenoxy) is 3. The molecule has 0 spiro atoms. The number of rotatable bonds is 3. The summed E-state index contributed by atoms with van der Waals surface area (Å²) >= 11 is 0. The number of fused-ring (bicyclic) bond motifs is 1. The van der Waals surface area contributed by atoms with Gasteiger partial charge in [0.1, 0.15) is 17.0 Å². The van der Waals surface area contributed by atoms with Gasteiger partial charge >= 0.3 is 5.97 Å². The van der Waals surface area contributed by atoms with Crippen LogP contribution in [0.4, 0.5) is 0 Å². The van der Waals surface area contributed by atoms with Crippen LogP contribution in [0, 0.1) is 0 Å². The predicted molar refractivity (Wildman–Crippen MR) is 66.2 cm³/mol. The first-order valence-electron chi connectivity index (χ1n) is 5.30. The Labute approximate surface area is 104 Å². The normalized spacial score (nSPS) is 10.2. The van der Waals surface area contributed by atoms with Crippen molar-refractivity contribution in [3.63, 3.8) is 0 Å². The highest BCUT2D eigenvalue weighted by molar-refractivity contribution is 6.05. The van der Waals surface area contributed by atoms with Gasteiger partial charge in [0.05, 0.1) is 26.9 Å². The molecule has 0 amide bonds. The summed E-state index contributed by atoms with van der Waals surface area (Å²) in [5, 5.41) is 0.639. The first kappa shape index (κ1) is 12.2. The number of esters is 1. The number of nitrogens with zero attached hydrogens (tertiary/aromatic N) is 1. The molecule has 94 valence electrons. The number of hydrogen-bond acceptors (Lipinski definition) is 5. The summed E-state index contributed by atoms with van der Waals surface area (Å²) in [5.41, 5.74) is 1.03. The number of benzene rings is 1. The highest BCUT2D eigenvalue weighted by Crippen LogP contribution is 2.31. The molecular formula is C13H13NO4. The van der Waals surface area contributed by atoms with Crippen LogP contribution in [0.5, 0.6) is 11.5 Å². The zero-order valence-electron chi connectivity index (χ0n) is 10.4. The lowest BCUT2D eigenvalue weighted by Crippen LogP contribution is -2.03. The lowest BCUT2D eigenvalue weighted by molar-refractivity contribution is 0.0603. The van der Waals surface area contributed by atoms with Crippen LogP contribution in [0.3, 0.4) is 0 Å². The minimum atomic E-state index is -0.419. The molecule has 1 aromatic heterocycles. The number of methoxy groups -OCH3 is 3. The van der Waals surface area contributed by atoms with Crippen LogP contribution in [-0.2, 0) is 4.74 Å². The maximum absolute atomic E-state index is 11.7. The summed E-state index contributed by atoms with van der Waals surface area (Å²) in [6.45, 7) is 0. The molecule has 18 heavy (non-hydrogen) atoms. The minimum absolute atomic E-state index is 0.419. The molecule has 5 heteroatoms. The summed E-state index contributed by atoms with van der Waals surface area (Å²) < 4.78 is 15.2. The Morgan fingerprint density at radius 3 is 2.56 bits per heavy atom. The molecule has 0 aliphatic rings. The molecule has 5 nitrogen and oxygen atoms in total. The zero-order chi connectivity index (χ0) is 13.1. The SMILES string of the molecule is COC(=O)c1ccnc2c(OC)cc(OC)cc12. The number of carbonyl (C=O) groups excluding carboxylic acids is 1. The van der Waals surface area contributed by atoms with Crippen LogP contribution >= 0.6 is 0 Å². The van der Waals surface area contributed by atoms with Gasteiger partial charge in [-0.15, -0.1) is 0 Å². The zero-order valence-corrected chi connectivity index (χ0v) is 10.4. The van der Waals surface area contributed by atoms with E-state index >= 15 is 0 Å². The van der Waals surface area contributed by atoms with Gasteiger partial charge in [-0.3, -0.25) is 4.98 Å². The van der Waals surface area contributed by atoms with Gasteiger partial charge in [-0.05, 0) is 12.1 Å². The van der Waals surface area contributed by atoms with E-state index in [9.17, 15) is 4.79 Å². The maximum atomic E-state index is 11.7. The first-order valence-corrected chi connectivity index (χ1v) is 5.30. The van der Waals surface area contributed by atoms with Crippen LogP contribution in [0.25, 0.3) is 10.9 Å². The molecule has 0 N–H and O–H groups in total. The van der Waals surface area contributed by atoms with Crippen molar-refractivity contribution < 1.29 is 19.0 Å². The van der Waals surface area contributed by atoms with Crippen molar-refractivity contribution in [1.82, 2.24) is 4.98 Å². The second-order valence-corrected chi connectivity index (χ2v) is 3.58. The monoisotopic (exact) mass is 247 g/mol. The maximum Gasteiger partial charge on any atom is 0.338 e. The van der Waals surface area contributed by atoms with Gasteiger partial charge in [0.25, 0.3) is 0 Å². The average molecular weight is 247 g/mol. The number of aromatic nitrogens is 1. The second-order valence-electron chi connectivity index (χ2n) is 3.58. The number of pyridine rings is 1. The van der Waals surface area contributed by atoms with Crippen molar-refractivity contribution in [1.29, 1.82) is 0 Å². The Hall–Kier alpha value is -2.30. The van der Waals surface area contributed by atoms with Crippen LogP contribution in [0.1, 0.15) is 10.4 Å². The molecular weight excluding hydrogens is 234 g/mol. The summed E-state index contributed by atoms with van der Waals surface area (Å²) in [7, 11) is 4.43. The standard InChI is InChI=1S/C13H13NO4/c1-16-8-6-10-9(13(15)18-3)4-5-14-12(10)11(7-8)17-2/h4-7H,1-3H3. The number of carbonyl (C=O) groups is 1. The van der Waals surface area contributed by atoms with Crippen LogP contribution < -0.4 is 9.47 Å². The molecule has 2 aromatic rings. The lowest BCUT2D eigenvalue weighted by atomic mass is 10.1. The van der Waals surface area contributed by atoms with Crippen molar-refractivity contribution in [2.75, 3.05) is 21.3 Å². The molecule has 0 atom stereocenters. The molecule has 0 saturated carbocycles. The molecule has 1 aromatic carbocycles. The van der Waals surface area contributed by atoms with Crippen molar-refractivity contribution in [2.45, 2.75) is 0 Å². The Bertz CT molecular complexity index is 595. The van der Waals surface area contributed by atoms with Crippen LogP contribution in [0.15, 0.2) is 24.4 Å². The molecule has 0 saturated heterocycles. The van der Waals surface area contributed by atoms with Crippen molar-refractivity contribution in [2.24, 2.45) is 0 Å². The summed E-state index contributed by atoms with van der Waals surface area (Å²) in [5.74, 6) is 0.727. The van der Waals surface area contributed by atoms with E-state index in [4.69, 9.17) is 14.2 Å². The fraction of sp³-hybridized carbons (Fsp3) is 0.231. The molecule has 0 aliphatic heterocycles. The van der Waals surface area contributed by atoms with Crippen molar-refractivity contribution in [3.8, 4) is 11.5 Å². The highest BCUT2D eigenvalue weighted by Gasteiger charge is 2.15. The van der Waals surface area contributed by atoms with Gasteiger partial charge in [-0.2, -0.15) is 0 Å². The van der Waals surface area contributed by atoms with E-state index in [1.165, 1.54) is 7.11 Å². The third-order valence-electron chi connectivity index (χ3n) is 2.64. The third kappa shape index (κ3) is 1.95. The minimum Gasteiger partial charge on any atom is -0.497 e. The quantitative estimate of drug-likeness (QED) is 0.777. The molecule has 0 unspecified atom stereocenters. The Balaban J connectivity index is 2.78. The summed E-state index contributed by atoms with van der Waals surface area (Å²) in [6.07, 6.45) is 1.55. The second kappa shape index (κ2) is 4.91. The Morgan fingerprint density at radius 1 is 1.17 bits per heavy atom. The largest absolute Gasteiger partial charge is 0.497 e. The van der Waals surface area contributed by atoms with E-state index in [0.29, 0.717) is 28.0 Å². The smallest absolute Gasteiger partial charge is 0.338 e. The Morgan fingerprint density at radius 2 is 1.94 bits per heavy atom. The van der Waals surface area contributed by atoms with Gasteiger partial charge in [0.15, 0.2) is 0 Å². The van der Waals surface area contributed by atoms with E-state index < -0.39 is 5.97 Å². The van der Waals surface area contributed by atoms with Crippen molar-refractivity contribution >= 4 is 16.9 Å². The average Bonchev–Trinajstić information content (AvgIpc) is 2.44. The van der Waals surface area contributed by atoms with Crippen LogP contribution in [-0.4, -0.2) is 32.3 Å². The first-order chi connectivity index (χ1) is 8.71. The van der Waals surface area contributed by atoms with Crippen molar-refractivity contribution in [3.05, 3.63) is 30.0 Å². The fourth-order valence-electron chi connectivity index (χ4n) is 1.76. The summed E-state index contributed by atoms with van der Waals surface area (Å²) in [6, 6.07) is 5.06. The van der Waals surface area contributed by atoms with E-state index in [1.807, 2.05) is 0 Å². The van der Waals surface area contributed by atoms with E-state index in [2.05, 4.69) is 4.98 Å². The van der Waals surface area contributed by atoms with Gasteiger partial charge in [-0.1, -0.05) is 0 Å². The fourth-order valence-corrected chi connectivity index (χ4v) is 1.76.